The molecule has 0 saturated heterocycles. The van der Waals surface area contributed by atoms with Gasteiger partial charge in [0.2, 0.25) is 0 Å². The lowest BCUT2D eigenvalue weighted by atomic mass is 10.0. The molecule has 0 spiro atoms. The first-order chi connectivity index (χ1) is 18.9. The molecule has 39 heavy (non-hydrogen) atoms. The van der Waals surface area contributed by atoms with Crippen LogP contribution in [0.3, 0.4) is 0 Å². The number of amides is 1. The molecule has 7 nitrogen and oxygen atoms in total. The number of carboxylic acids is 1. The number of carbonyl (C=O) groups is 2. The molecule has 3 N–H and O–H groups in total. The molecule has 0 radical (unpaired) electrons. The molecule has 0 bridgehead atoms. The van der Waals surface area contributed by atoms with Crippen LogP contribution in [0.1, 0.15) is 45.1 Å². The number of nitrogens with zero attached hydrogens (tertiary/aromatic N) is 2. The zero-order chi connectivity index (χ0) is 27.4. The van der Waals surface area contributed by atoms with Crippen molar-refractivity contribution in [2.45, 2.75) is 32.9 Å². The van der Waals surface area contributed by atoms with Crippen molar-refractivity contribution in [1.29, 1.82) is 0 Å². The van der Waals surface area contributed by atoms with E-state index in [4.69, 9.17) is 4.98 Å². The normalized spacial score (nSPS) is 11.7. The maximum absolute atomic E-state index is 13.3. The fraction of sp³-hybridized carbons (Fsp3) is 0.156. The second-order valence-electron chi connectivity index (χ2n) is 9.64. The van der Waals surface area contributed by atoms with E-state index in [0.29, 0.717) is 17.8 Å². The van der Waals surface area contributed by atoms with E-state index < -0.39 is 12.0 Å². The van der Waals surface area contributed by atoms with Gasteiger partial charge in [-0.1, -0.05) is 84.4 Å². The highest BCUT2D eigenvalue weighted by atomic mass is 16.4. The van der Waals surface area contributed by atoms with Gasteiger partial charge in [-0.3, -0.25) is 14.0 Å². The molecule has 5 rings (SSSR count). The number of benzene rings is 3. The average Bonchev–Trinajstić information content (AvgIpc) is 3.30. The second kappa shape index (κ2) is 11.2. The van der Waals surface area contributed by atoms with Crippen molar-refractivity contribution in [1.82, 2.24) is 14.7 Å². The van der Waals surface area contributed by atoms with Gasteiger partial charge in [-0.25, -0.2) is 4.98 Å². The number of aliphatic carboxylic acids is 1. The highest BCUT2D eigenvalue weighted by Crippen LogP contribution is 2.32. The van der Waals surface area contributed by atoms with Gasteiger partial charge in [0.15, 0.2) is 0 Å². The predicted octanol–water partition coefficient (Wildman–Crippen LogP) is 6.18. The van der Waals surface area contributed by atoms with Gasteiger partial charge < -0.3 is 15.7 Å². The number of rotatable bonds is 9. The number of pyridine rings is 1. The van der Waals surface area contributed by atoms with Crippen molar-refractivity contribution in [3.05, 3.63) is 125 Å². The number of aryl methyl sites for hydroxylation is 2. The molecular formula is C32H30N4O3. The molecule has 7 heteroatoms. The number of hydrogen-bond acceptors (Lipinski definition) is 4. The van der Waals surface area contributed by atoms with E-state index in [1.165, 1.54) is 0 Å². The quantitative estimate of drug-likeness (QED) is 0.217. The maximum atomic E-state index is 13.3. The Morgan fingerprint density at radius 3 is 2.36 bits per heavy atom. The summed E-state index contributed by atoms with van der Waals surface area (Å²) in [6.45, 7) is 4.62. The highest BCUT2D eigenvalue weighted by Gasteiger charge is 2.21. The molecule has 1 amide bonds. The van der Waals surface area contributed by atoms with Crippen LogP contribution >= 0.6 is 0 Å². The first kappa shape index (κ1) is 25.7. The molecule has 0 aliphatic rings. The summed E-state index contributed by atoms with van der Waals surface area (Å²) in [7, 11) is 0. The molecule has 5 aromatic rings. The number of nitrogens with one attached hydrogen (secondary N) is 2. The van der Waals surface area contributed by atoms with Gasteiger partial charge >= 0.3 is 5.97 Å². The highest BCUT2D eigenvalue weighted by molar-refractivity contribution is 5.96. The van der Waals surface area contributed by atoms with Gasteiger partial charge in [-0.05, 0) is 42.7 Å². The summed E-state index contributed by atoms with van der Waals surface area (Å²) in [4.78, 5) is 29.7. The number of fused-ring (bicyclic) bond motifs is 1. The van der Waals surface area contributed by atoms with E-state index in [-0.39, 0.29) is 12.3 Å². The summed E-state index contributed by atoms with van der Waals surface area (Å²) in [5.41, 5.74) is 6.85. The molecule has 0 aliphatic carbocycles. The number of imidazole rings is 1. The van der Waals surface area contributed by atoms with Crippen molar-refractivity contribution in [3.63, 3.8) is 0 Å². The van der Waals surface area contributed by atoms with Crippen molar-refractivity contribution >= 4 is 23.3 Å². The van der Waals surface area contributed by atoms with Gasteiger partial charge in [0.1, 0.15) is 17.2 Å². The zero-order valence-corrected chi connectivity index (χ0v) is 21.9. The largest absolute Gasteiger partial charge is 0.481 e. The third kappa shape index (κ3) is 5.83. The molecule has 1 atom stereocenters. The lowest BCUT2D eigenvalue weighted by Crippen LogP contribution is -2.30. The van der Waals surface area contributed by atoms with Crippen molar-refractivity contribution in [3.8, 4) is 11.3 Å². The molecule has 0 saturated carbocycles. The Bertz CT molecular complexity index is 1630. The Morgan fingerprint density at radius 1 is 0.923 bits per heavy atom. The van der Waals surface area contributed by atoms with E-state index in [9.17, 15) is 14.7 Å². The molecule has 3 aromatic carbocycles. The summed E-state index contributed by atoms with van der Waals surface area (Å²) in [6, 6.07) is 28.5. The molecule has 196 valence electrons. The summed E-state index contributed by atoms with van der Waals surface area (Å²) in [6.07, 6.45) is 1.61. The number of carboxylic acid groups (broad SMARTS) is 1. The minimum Gasteiger partial charge on any atom is -0.481 e. The third-order valence-corrected chi connectivity index (χ3v) is 6.76. The fourth-order valence-electron chi connectivity index (χ4n) is 4.63. The average molecular weight is 519 g/mol. The summed E-state index contributed by atoms with van der Waals surface area (Å²) < 4.78 is 1.94. The van der Waals surface area contributed by atoms with Crippen LogP contribution in [0.2, 0.25) is 0 Å². The summed E-state index contributed by atoms with van der Waals surface area (Å²) in [5, 5.41) is 15.9. The van der Waals surface area contributed by atoms with Crippen LogP contribution in [0.5, 0.6) is 0 Å². The minimum absolute atomic E-state index is 0.217. The minimum atomic E-state index is -0.985. The summed E-state index contributed by atoms with van der Waals surface area (Å²) in [5.74, 6) is -0.510. The van der Waals surface area contributed by atoms with Crippen LogP contribution in [0.15, 0.2) is 97.2 Å². The monoisotopic (exact) mass is 518 g/mol. The van der Waals surface area contributed by atoms with E-state index >= 15 is 0 Å². The Kier molecular flexibility index (Phi) is 7.41. The molecule has 2 aromatic heterocycles. The maximum Gasteiger partial charge on any atom is 0.305 e. The van der Waals surface area contributed by atoms with Gasteiger partial charge in [-0.15, -0.1) is 0 Å². The Labute approximate surface area is 227 Å². The topological polar surface area (TPSA) is 95.7 Å². The van der Waals surface area contributed by atoms with Crippen molar-refractivity contribution in [2.24, 2.45) is 0 Å². The lowest BCUT2D eigenvalue weighted by molar-refractivity contribution is -0.137. The van der Waals surface area contributed by atoms with E-state index in [2.05, 4.69) is 22.8 Å². The van der Waals surface area contributed by atoms with E-state index in [0.717, 1.165) is 39.3 Å². The van der Waals surface area contributed by atoms with Crippen LogP contribution in [0.4, 0.5) is 5.82 Å². The lowest BCUT2D eigenvalue weighted by Gasteiger charge is -2.18. The first-order valence-corrected chi connectivity index (χ1v) is 12.8. The molecular weight excluding hydrogens is 488 g/mol. The molecule has 1 unspecified atom stereocenters. The van der Waals surface area contributed by atoms with Crippen LogP contribution in [0, 0.1) is 13.8 Å². The SMILES string of the molecule is Cc1ccc(C(CC(=O)O)NC(=O)c2ccn3c(NCc4ccccc4)c(-c4ccccc4C)nc3c2)cc1. The van der Waals surface area contributed by atoms with Crippen LogP contribution in [-0.2, 0) is 11.3 Å². The Hall–Kier alpha value is -4.91. The van der Waals surface area contributed by atoms with Gasteiger partial charge in [0, 0.05) is 23.9 Å². The molecule has 0 fully saturated rings. The Balaban J connectivity index is 1.49. The molecule has 0 aliphatic heterocycles. The fourth-order valence-corrected chi connectivity index (χ4v) is 4.63. The van der Waals surface area contributed by atoms with E-state index in [1.807, 2.05) is 91.2 Å². The van der Waals surface area contributed by atoms with Gasteiger partial charge in [-0.2, -0.15) is 0 Å². The smallest absolute Gasteiger partial charge is 0.305 e. The number of anilines is 1. The van der Waals surface area contributed by atoms with Crippen molar-refractivity contribution < 1.29 is 14.7 Å². The number of hydrogen-bond donors (Lipinski definition) is 3. The predicted molar refractivity (Wildman–Crippen MR) is 153 cm³/mol. The first-order valence-electron chi connectivity index (χ1n) is 12.8. The standard InChI is InChI=1S/C32H30N4O3/c1-21-12-14-24(15-13-21)27(19-29(37)38)34-32(39)25-16-17-36-28(18-25)35-30(26-11-7-6-8-22(26)2)31(36)33-20-23-9-4-3-5-10-23/h3-18,27,33H,19-20H2,1-2H3,(H,34,39)(H,37,38). The van der Waals surface area contributed by atoms with E-state index in [1.54, 1.807) is 12.1 Å². The second-order valence-corrected chi connectivity index (χ2v) is 9.64. The third-order valence-electron chi connectivity index (χ3n) is 6.76. The van der Waals surface area contributed by atoms with Crippen LogP contribution < -0.4 is 10.6 Å². The zero-order valence-electron chi connectivity index (χ0n) is 21.9. The Morgan fingerprint density at radius 2 is 1.64 bits per heavy atom. The summed E-state index contributed by atoms with van der Waals surface area (Å²) >= 11 is 0. The van der Waals surface area contributed by atoms with Crippen LogP contribution in [0.25, 0.3) is 16.9 Å². The van der Waals surface area contributed by atoms with Gasteiger partial charge in [0.25, 0.3) is 5.91 Å². The van der Waals surface area contributed by atoms with Crippen molar-refractivity contribution in [2.75, 3.05) is 5.32 Å². The number of carbonyl (C=O) groups excluding carboxylic acids is 1. The van der Waals surface area contributed by atoms with Crippen LogP contribution in [-0.4, -0.2) is 26.4 Å². The molecule has 2 heterocycles. The number of aromatic nitrogens is 2. The van der Waals surface area contributed by atoms with Gasteiger partial charge in [0.05, 0.1) is 12.5 Å².